The molecule has 2 aromatic rings. The van der Waals surface area contributed by atoms with Gasteiger partial charge in [-0.15, -0.1) is 0 Å². The molecule has 0 aliphatic heterocycles. The zero-order chi connectivity index (χ0) is 17.7. The fraction of sp³-hybridized carbons (Fsp3) is 0.118. The summed E-state index contributed by atoms with van der Waals surface area (Å²) in [5.74, 6) is -1.25. The summed E-state index contributed by atoms with van der Waals surface area (Å²) in [6, 6.07) is 12.8. The Bertz CT molecular complexity index is 814. The smallest absolute Gasteiger partial charge is 0.340 e. The molecule has 0 saturated heterocycles. The first kappa shape index (κ1) is 17.8. The number of carbonyl (C=O) groups excluding carboxylic acids is 2. The molecule has 2 aromatic carbocycles. The summed E-state index contributed by atoms with van der Waals surface area (Å²) in [6.45, 7) is 1.44. The molecule has 122 valence electrons. The van der Waals surface area contributed by atoms with Crippen molar-refractivity contribution in [2.75, 3.05) is 5.32 Å². The second-order valence-electron chi connectivity index (χ2n) is 4.83. The van der Waals surface area contributed by atoms with Crippen molar-refractivity contribution in [2.45, 2.75) is 13.0 Å². The van der Waals surface area contributed by atoms with Crippen molar-refractivity contribution < 1.29 is 14.3 Å². The molecule has 0 aromatic heterocycles. The van der Waals surface area contributed by atoms with Crippen molar-refractivity contribution in [3.63, 3.8) is 0 Å². The van der Waals surface area contributed by atoms with Crippen LogP contribution in [0.2, 0.25) is 10.0 Å². The van der Waals surface area contributed by atoms with Crippen molar-refractivity contribution in [3.8, 4) is 6.07 Å². The molecule has 2 rings (SSSR count). The van der Waals surface area contributed by atoms with E-state index in [2.05, 4.69) is 5.32 Å². The van der Waals surface area contributed by atoms with Gasteiger partial charge < -0.3 is 10.1 Å². The maximum absolute atomic E-state index is 12.1. The third kappa shape index (κ3) is 4.25. The van der Waals surface area contributed by atoms with E-state index in [4.69, 9.17) is 33.2 Å². The lowest BCUT2D eigenvalue weighted by atomic mass is 10.2. The Hall–Kier alpha value is -2.55. The number of carbonyl (C=O) groups is 2. The van der Waals surface area contributed by atoms with E-state index < -0.39 is 18.0 Å². The molecule has 0 aliphatic carbocycles. The van der Waals surface area contributed by atoms with Gasteiger partial charge in [-0.2, -0.15) is 5.26 Å². The largest absolute Gasteiger partial charge is 0.449 e. The van der Waals surface area contributed by atoms with Gasteiger partial charge in [0, 0.05) is 5.69 Å². The average molecular weight is 363 g/mol. The van der Waals surface area contributed by atoms with Crippen LogP contribution in [0.15, 0.2) is 42.5 Å². The molecule has 1 atom stereocenters. The monoisotopic (exact) mass is 362 g/mol. The summed E-state index contributed by atoms with van der Waals surface area (Å²) in [6.07, 6.45) is -1.04. The average Bonchev–Trinajstić information content (AvgIpc) is 2.57. The lowest BCUT2D eigenvalue weighted by Gasteiger charge is -2.14. The molecule has 5 nitrogen and oxygen atoms in total. The molecule has 0 radical (unpaired) electrons. The summed E-state index contributed by atoms with van der Waals surface area (Å²) < 4.78 is 5.10. The Morgan fingerprint density at radius 3 is 2.46 bits per heavy atom. The molecular weight excluding hydrogens is 351 g/mol. The predicted molar refractivity (Wildman–Crippen MR) is 91.1 cm³/mol. The fourth-order valence-electron chi connectivity index (χ4n) is 1.81. The highest BCUT2D eigenvalue weighted by atomic mass is 35.5. The first-order valence-corrected chi connectivity index (χ1v) is 7.64. The molecular formula is C17H12Cl2N2O3. The zero-order valence-electron chi connectivity index (χ0n) is 12.5. The van der Waals surface area contributed by atoms with E-state index in [1.54, 1.807) is 36.4 Å². The number of amides is 1. The normalized spacial score (nSPS) is 11.2. The first-order valence-electron chi connectivity index (χ1n) is 6.88. The van der Waals surface area contributed by atoms with Gasteiger partial charge in [-0.3, -0.25) is 4.79 Å². The van der Waals surface area contributed by atoms with Crippen molar-refractivity contribution in [1.82, 2.24) is 0 Å². The number of esters is 1. The molecule has 0 fully saturated rings. The van der Waals surface area contributed by atoms with E-state index >= 15 is 0 Å². The number of nitrogens with one attached hydrogen (secondary N) is 1. The lowest BCUT2D eigenvalue weighted by molar-refractivity contribution is -0.123. The summed E-state index contributed by atoms with van der Waals surface area (Å²) in [4.78, 5) is 24.2. The SMILES string of the molecule is CC(OC(=O)c1cccc(Cl)c1Cl)C(=O)Nc1ccc(C#N)cc1. The molecule has 24 heavy (non-hydrogen) atoms. The summed E-state index contributed by atoms with van der Waals surface area (Å²) in [5, 5.41) is 11.6. The lowest BCUT2D eigenvalue weighted by Crippen LogP contribution is -2.30. The second kappa shape index (κ2) is 7.82. The van der Waals surface area contributed by atoms with Crippen LogP contribution in [0.5, 0.6) is 0 Å². The van der Waals surface area contributed by atoms with Crippen LogP contribution in [0.25, 0.3) is 0 Å². The Morgan fingerprint density at radius 1 is 1.17 bits per heavy atom. The molecule has 0 aliphatic rings. The third-order valence-corrected chi connectivity index (χ3v) is 3.92. The Kier molecular flexibility index (Phi) is 5.80. The molecule has 0 spiro atoms. The molecule has 0 bridgehead atoms. The highest BCUT2D eigenvalue weighted by molar-refractivity contribution is 6.43. The van der Waals surface area contributed by atoms with Gasteiger partial charge in [0.05, 0.1) is 27.2 Å². The minimum Gasteiger partial charge on any atom is -0.449 e. The Morgan fingerprint density at radius 2 is 1.83 bits per heavy atom. The maximum atomic E-state index is 12.1. The third-order valence-electron chi connectivity index (χ3n) is 3.11. The number of nitriles is 1. The van der Waals surface area contributed by atoms with Crippen LogP contribution in [0.3, 0.4) is 0 Å². The maximum Gasteiger partial charge on any atom is 0.340 e. The Balaban J connectivity index is 2.01. The summed E-state index contributed by atoms with van der Waals surface area (Å²) >= 11 is 11.8. The van der Waals surface area contributed by atoms with Crippen molar-refractivity contribution in [1.29, 1.82) is 5.26 Å². The number of nitrogens with zero attached hydrogens (tertiary/aromatic N) is 1. The number of halogens is 2. The topological polar surface area (TPSA) is 79.2 Å². The highest BCUT2D eigenvalue weighted by Crippen LogP contribution is 2.26. The van der Waals surface area contributed by atoms with Crippen LogP contribution in [-0.2, 0) is 9.53 Å². The van der Waals surface area contributed by atoms with Gasteiger partial charge >= 0.3 is 5.97 Å². The van der Waals surface area contributed by atoms with Gasteiger partial charge in [-0.1, -0.05) is 29.3 Å². The van der Waals surface area contributed by atoms with Gasteiger partial charge in [0.25, 0.3) is 5.91 Å². The van der Waals surface area contributed by atoms with Crippen LogP contribution in [0.1, 0.15) is 22.8 Å². The van der Waals surface area contributed by atoms with Gasteiger partial charge in [0.2, 0.25) is 0 Å². The number of hydrogen-bond donors (Lipinski definition) is 1. The first-order chi connectivity index (χ1) is 11.4. The number of anilines is 1. The van der Waals surface area contributed by atoms with Gasteiger partial charge in [-0.05, 0) is 43.3 Å². The number of benzene rings is 2. The predicted octanol–water partition coefficient (Wildman–Crippen LogP) is 4.05. The van der Waals surface area contributed by atoms with Crippen LogP contribution in [0.4, 0.5) is 5.69 Å². The van der Waals surface area contributed by atoms with Crippen LogP contribution in [0, 0.1) is 11.3 Å². The molecule has 7 heteroatoms. The van der Waals surface area contributed by atoms with Gasteiger partial charge in [0.1, 0.15) is 0 Å². The number of hydrogen-bond acceptors (Lipinski definition) is 4. The number of ether oxygens (including phenoxy) is 1. The van der Waals surface area contributed by atoms with E-state index in [0.29, 0.717) is 11.3 Å². The molecule has 1 unspecified atom stereocenters. The fourth-order valence-corrected chi connectivity index (χ4v) is 2.19. The van der Waals surface area contributed by atoms with E-state index in [1.165, 1.54) is 13.0 Å². The van der Waals surface area contributed by atoms with Crippen molar-refractivity contribution >= 4 is 40.8 Å². The van der Waals surface area contributed by atoms with Crippen LogP contribution >= 0.6 is 23.2 Å². The summed E-state index contributed by atoms with van der Waals surface area (Å²) in [7, 11) is 0. The molecule has 1 amide bonds. The van der Waals surface area contributed by atoms with E-state index in [-0.39, 0.29) is 15.6 Å². The minimum atomic E-state index is -1.04. The van der Waals surface area contributed by atoms with E-state index in [9.17, 15) is 9.59 Å². The molecule has 1 N–H and O–H groups in total. The van der Waals surface area contributed by atoms with Crippen LogP contribution < -0.4 is 5.32 Å². The van der Waals surface area contributed by atoms with Gasteiger partial charge in [0.15, 0.2) is 6.10 Å². The van der Waals surface area contributed by atoms with Crippen molar-refractivity contribution in [3.05, 3.63) is 63.6 Å². The quantitative estimate of drug-likeness (QED) is 0.832. The zero-order valence-corrected chi connectivity index (χ0v) is 14.1. The van der Waals surface area contributed by atoms with Crippen LogP contribution in [-0.4, -0.2) is 18.0 Å². The molecule has 0 heterocycles. The highest BCUT2D eigenvalue weighted by Gasteiger charge is 2.21. The van der Waals surface area contributed by atoms with Gasteiger partial charge in [-0.25, -0.2) is 4.79 Å². The van der Waals surface area contributed by atoms with E-state index in [0.717, 1.165) is 0 Å². The Labute approximate surface area is 148 Å². The second-order valence-corrected chi connectivity index (χ2v) is 5.61. The van der Waals surface area contributed by atoms with E-state index in [1.807, 2.05) is 6.07 Å². The summed E-state index contributed by atoms with van der Waals surface area (Å²) in [5.41, 5.74) is 1.05. The van der Waals surface area contributed by atoms with Crippen molar-refractivity contribution in [2.24, 2.45) is 0 Å². The minimum absolute atomic E-state index is 0.0730. The molecule has 0 saturated carbocycles. The standard InChI is InChI=1S/C17H12Cl2N2O3/c1-10(16(22)21-12-7-5-11(9-20)6-8-12)24-17(23)13-3-2-4-14(18)15(13)19/h2-8,10H,1H3,(H,21,22). The number of rotatable bonds is 4.